The monoisotopic (exact) mass is 277 g/mol. The summed E-state index contributed by atoms with van der Waals surface area (Å²) in [6.45, 7) is 5.11. The number of ether oxygens (including phenoxy) is 1. The zero-order valence-corrected chi connectivity index (χ0v) is 11.8. The predicted molar refractivity (Wildman–Crippen MR) is 72.0 cm³/mol. The van der Waals surface area contributed by atoms with Gasteiger partial charge in [-0.3, -0.25) is 9.59 Å². The Labute approximate surface area is 118 Å². The highest BCUT2D eigenvalue weighted by molar-refractivity contribution is 5.93. The SMILES string of the molecule is CCOC(=O)C1CCN(C(=O)c2cnc(C)nc2)CC1. The Morgan fingerprint density at radius 2 is 1.90 bits per heavy atom. The van der Waals surface area contributed by atoms with Gasteiger partial charge in [0.05, 0.1) is 18.1 Å². The van der Waals surface area contributed by atoms with Crippen molar-refractivity contribution in [2.24, 2.45) is 5.92 Å². The predicted octanol–water partition coefficient (Wildman–Crippen LogP) is 1.20. The number of aryl methyl sites for hydroxylation is 1. The maximum atomic E-state index is 12.2. The van der Waals surface area contributed by atoms with Crippen LogP contribution < -0.4 is 0 Å². The lowest BCUT2D eigenvalue weighted by atomic mass is 9.96. The molecule has 0 aliphatic carbocycles. The first-order valence-corrected chi connectivity index (χ1v) is 6.86. The quantitative estimate of drug-likeness (QED) is 0.776. The van der Waals surface area contributed by atoms with Crippen LogP contribution in [-0.4, -0.2) is 46.4 Å². The molecule has 108 valence electrons. The molecule has 0 aromatic carbocycles. The average molecular weight is 277 g/mol. The van der Waals surface area contributed by atoms with Gasteiger partial charge in [0.25, 0.3) is 5.91 Å². The van der Waals surface area contributed by atoms with Gasteiger partial charge in [-0.25, -0.2) is 9.97 Å². The molecule has 0 bridgehead atoms. The van der Waals surface area contributed by atoms with E-state index in [1.165, 1.54) is 0 Å². The van der Waals surface area contributed by atoms with Crippen molar-refractivity contribution in [3.8, 4) is 0 Å². The lowest BCUT2D eigenvalue weighted by Gasteiger charge is -2.30. The second-order valence-electron chi connectivity index (χ2n) is 4.84. The summed E-state index contributed by atoms with van der Waals surface area (Å²) in [5.41, 5.74) is 0.491. The fourth-order valence-corrected chi connectivity index (χ4v) is 2.26. The molecule has 20 heavy (non-hydrogen) atoms. The van der Waals surface area contributed by atoms with Crippen LogP contribution in [0.25, 0.3) is 0 Å². The Bertz CT molecular complexity index is 479. The van der Waals surface area contributed by atoms with E-state index >= 15 is 0 Å². The molecule has 6 nitrogen and oxygen atoms in total. The highest BCUT2D eigenvalue weighted by Gasteiger charge is 2.28. The van der Waals surface area contributed by atoms with Crippen molar-refractivity contribution in [3.05, 3.63) is 23.8 Å². The third-order valence-electron chi connectivity index (χ3n) is 3.43. The van der Waals surface area contributed by atoms with Crippen molar-refractivity contribution in [1.82, 2.24) is 14.9 Å². The highest BCUT2D eigenvalue weighted by atomic mass is 16.5. The van der Waals surface area contributed by atoms with E-state index in [4.69, 9.17) is 4.74 Å². The number of likely N-dealkylation sites (tertiary alicyclic amines) is 1. The summed E-state index contributed by atoms with van der Waals surface area (Å²) in [5, 5.41) is 0. The number of nitrogens with zero attached hydrogens (tertiary/aromatic N) is 3. The first-order valence-electron chi connectivity index (χ1n) is 6.86. The summed E-state index contributed by atoms with van der Waals surface area (Å²) in [6.07, 6.45) is 4.39. The van der Waals surface area contributed by atoms with Crippen molar-refractivity contribution in [2.75, 3.05) is 19.7 Å². The molecular weight excluding hydrogens is 258 g/mol. The van der Waals surface area contributed by atoms with Crippen LogP contribution in [0.15, 0.2) is 12.4 Å². The first-order chi connectivity index (χ1) is 9.61. The molecule has 0 N–H and O–H groups in total. The number of carbonyl (C=O) groups excluding carboxylic acids is 2. The standard InChI is InChI=1S/C14H19N3O3/c1-3-20-14(19)11-4-6-17(7-5-11)13(18)12-8-15-10(2)16-9-12/h8-9,11H,3-7H2,1-2H3. The van der Waals surface area contributed by atoms with Gasteiger partial charge < -0.3 is 9.64 Å². The van der Waals surface area contributed by atoms with Gasteiger partial charge in [-0.2, -0.15) is 0 Å². The number of hydrogen-bond donors (Lipinski definition) is 0. The van der Waals surface area contributed by atoms with Crippen LogP contribution in [0, 0.1) is 12.8 Å². The van der Waals surface area contributed by atoms with Crippen LogP contribution in [0.5, 0.6) is 0 Å². The third kappa shape index (κ3) is 3.31. The molecule has 0 radical (unpaired) electrons. The minimum Gasteiger partial charge on any atom is -0.466 e. The van der Waals surface area contributed by atoms with E-state index in [0.29, 0.717) is 43.9 Å². The number of aromatic nitrogens is 2. The lowest BCUT2D eigenvalue weighted by molar-refractivity contribution is -0.149. The molecule has 0 spiro atoms. The van der Waals surface area contributed by atoms with E-state index in [9.17, 15) is 9.59 Å². The smallest absolute Gasteiger partial charge is 0.309 e. The topological polar surface area (TPSA) is 72.4 Å². The van der Waals surface area contributed by atoms with Crippen LogP contribution in [0.4, 0.5) is 0 Å². The van der Waals surface area contributed by atoms with Gasteiger partial charge in [-0.1, -0.05) is 0 Å². The molecule has 1 saturated heterocycles. The van der Waals surface area contributed by atoms with Gasteiger partial charge in [0, 0.05) is 25.5 Å². The van der Waals surface area contributed by atoms with Crippen molar-refractivity contribution in [3.63, 3.8) is 0 Å². The zero-order valence-electron chi connectivity index (χ0n) is 11.8. The maximum Gasteiger partial charge on any atom is 0.309 e. The van der Waals surface area contributed by atoms with Gasteiger partial charge in [0.2, 0.25) is 0 Å². The van der Waals surface area contributed by atoms with Crippen LogP contribution in [0.1, 0.15) is 35.9 Å². The fourth-order valence-electron chi connectivity index (χ4n) is 2.26. The van der Waals surface area contributed by atoms with Gasteiger partial charge in [-0.05, 0) is 26.7 Å². The Morgan fingerprint density at radius 1 is 1.30 bits per heavy atom. The zero-order chi connectivity index (χ0) is 14.5. The van der Waals surface area contributed by atoms with Crippen LogP contribution in [0.2, 0.25) is 0 Å². The first kappa shape index (κ1) is 14.4. The fraction of sp³-hybridized carbons (Fsp3) is 0.571. The Hall–Kier alpha value is -1.98. The van der Waals surface area contributed by atoms with E-state index in [2.05, 4.69) is 9.97 Å². The van der Waals surface area contributed by atoms with E-state index in [-0.39, 0.29) is 17.8 Å². The second kappa shape index (κ2) is 6.45. The van der Waals surface area contributed by atoms with E-state index in [1.807, 2.05) is 0 Å². The Balaban J connectivity index is 1.92. The molecule has 1 aliphatic rings. The largest absolute Gasteiger partial charge is 0.466 e. The van der Waals surface area contributed by atoms with Crippen molar-refractivity contribution < 1.29 is 14.3 Å². The summed E-state index contributed by atoms with van der Waals surface area (Å²) in [5.74, 6) is 0.321. The number of rotatable bonds is 3. The molecule has 6 heteroatoms. The molecule has 0 saturated carbocycles. The van der Waals surface area contributed by atoms with E-state index < -0.39 is 0 Å². The number of hydrogen-bond acceptors (Lipinski definition) is 5. The molecule has 1 fully saturated rings. The van der Waals surface area contributed by atoms with Gasteiger partial charge >= 0.3 is 5.97 Å². The minimum atomic E-state index is -0.154. The normalized spacial score (nSPS) is 16.0. The molecule has 2 rings (SSSR count). The summed E-state index contributed by atoms with van der Waals surface area (Å²) in [7, 11) is 0. The third-order valence-corrected chi connectivity index (χ3v) is 3.43. The minimum absolute atomic E-state index is 0.0766. The number of carbonyl (C=O) groups is 2. The molecule has 1 aliphatic heterocycles. The summed E-state index contributed by atoms with van der Waals surface area (Å²) >= 11 is 0. The maximum absolute atomic E-state index is 12.2. The Kier molecular flexibility index (Phi) is 4.65. The molecule has 1 aromatic heterocycles. The second-order valence-corrected chi connectivity index (χ2v) is 4.84. The summed E-state index contributed by atoms with van der Waals surface area (Å²) in [4.78, 5) is 33.7. The van der Waals surface area contributed by atoms with Gasteiger partial charge in [0.15, 0.2) is 0 Å². The molecule has 1 amide bonds. The molecule has 2 heterocycles. The Morgan fingerprint density at radius 3 is 2.45 bits per heavy atom. The van der Waals surface area contributed by atoms with E-state index in [1.54, 1.807) is 31.1 Å². The van der Waals surface area contributed by atoms with Crippen LogP contribution >= 0.6 is 0 Å². The van der Waals surface area contributed by atoms with Crippen LogP contribution in [-0.2, 0) is 9.53 Å². The molecular formula is C14H19N3O3. The summed E-state index contributed by atoms with van der Waals surface area (Å²) < 4.78 is 5.01. The average Bonchev–Trinajstić information content (AvgIpc) is 2.48. The number of esters is 1. The van der Waals surface area contributed by atoms with Crippen molar-refractivity contribution >= 4 is 11.9 Å². The summed E-state index contributed by atoms with van der Waals surface area (Å²) in [6, 6.07) is 0. The number of piperidine rings is 1. The van der Waals surface area contributed by atoms with Crippen molar-refractivity contribution in [1.29, 1.82) is 0 Å². The number of amides is 1. The molecule has 0 unspecified atom stereocenters. The van der Waals surface area contributed by atoms with E-state index in [0.717, 1.165) is 0 Å². The van der Waals surface area contributed by atoms with Crippen molar-refractivity contribution in [2.45, 2.75) is 26.7 Å². The van der Waals surface area contributed by atoms with Gasteiger partial charge in [0.1, 0.15) is 5.82 Å². The van der Waals surface area contributed by atoms with Gasteiger partial charge in [-0.15, -0.1) is 0 Å². The molecule has 1 aromatic rings. The van der Waals surface area contributed by atoms with Crippen LogP contribution in [0.3, 0.4) is 0 Å². The lowest BCUT2D eigenvalue weighted by Crippen LogP contribution is -2.40. The highest BCUT2D eigenvalue weighted by Crippen LogP contribution is 2.20. The molecule has 0 atom stereocenters.